The molecule has 0 radical (unpaired) electrons. The molecule has 0 aliphatic carbocycles. The van der Waals surface area contributed by atoms with Gasteiger partial charge in [0.15, 0.2) is 0 Å². The zero-order valence-electron chi connectivity index (χ0n) is 9.50. The van der Waals surface area contributed by atoms with Crippen LogP contribution in [0.1, 0.15) is 24.5 Å². The zero-order valence-corrected chi connectivity index (χ0v) is 10.3. The van der Waals surface area contributed by atoms with Gasteiger partial charge in [-0.2, -0.15) is 0 Å². The van der Waals surface area contributed by atoms with Gasteiger partial charge in [-0.25, -0.2) is 4.98 Å². The quantitative estimate of drug-likeness (QED) is 0.811. The van der Waals surface area contributed by atoms with E-state index in [1.54, 1.807) is 11.3 Å². The first-order valence-electron chi connectivity index (χ1n) is 5.19. The van der Waals surface area contributed by atoms with Gasteiger partial charge in [0, 0.05) is 5.38 Å². The van der Waals surface area contributed by atoms with E-state index in [9.17, 15) is 0 Å². The van der Waals surface area contributed by atoms with Crippen LogP contribution >= 0.6 is 11.3 Å². The van der Waals surface area contributed by atoms with E-state index in [1.165, 1.54) is 10.7 Å². The van der Waals surface area contributed by atoms with Crippen molar-refractivity contribution in [2.24, 2.45) is 11.8 Å². The number of nitrogens with zero attached hydrogens (tertiary/aromatic N) is 1. The smallest absolute Gasteiger partial charge is 0.0897 e. The molecule has 1 N–H and O–H groups in total. The molecule has 2 atom stereocenters. The van der Waals surface area contributed by atoms with Gasteiger partial charge in [0.05, 0.1) is 10.7 Å². The standard InChI is InChI=1S/C11H20N2S/c1-8(9(2)6-12-4)5-11-7-14-10(3)13-11/h7-9,12H,5-6H2,1-4H3. The fourth-order valence-electron chi connectivity index (χ4n) is 1.56. The predicted octanol–water partition coefficient (Wildman–Crippen LogP) is 2.49. The van der Waals surface area contributed by atoms with Crippen molar-refractivity contribution < 1.29 is 0 Å². The Hall–Kier alpha value is -0.410. The lowest BCUT2D eigenvalue weighted by molar-refractivity contribution is 0.372. The molecule has 1 rings (SSSR count). The molecule has 0 aliphatic rings. The molecule has 0 aromatic carbocycles. The summed E-state index contributed by atoms with van der Waals surface area (Å²) >= 11 is 1.74. The Kier molecular flexibility index (Phi) is 4.55. The Morgan fingerprint density at radius 3 is 2.64 bits per heavy atom. The molecule has 2 unspecified atom stereocenters. The minimum atomic E-state index is 0.698. The van der Waals surface area contributed by atoms with Crippen LogP contribution in [0.4, 0.5) is 0 Å². The molecule has 14 heavy (non-hydrogen) atoms. The van der Waals surface area contributed by atoms with Crippen molar-refractivity contribution in [1.82, 2.24) is 10.3 Å². The Morgan fingerprint density at radius 2 is 2.14 bits per heavy atom. The number of hydrogen-bond donors (Lipinski definition) is 1. The topological polar surface area (TPSA) is 24.9 Å². The molecule has 0 saturated carbocycles. The molecule has 1 aromatic rings. The van der Waals surface area contributed by atoms with Crippen LogP contribution in [0.2, 0.25) is 0 Å². The fourth-order valence-corrected chi connectivity index (χ4v) is 2.18. The van der Waals surface area contributed by atoms with Crippen molar-refractivity contribution in [1.29, 1.82) is 0 Å². The van der Waals surface area contributed by atoms with E-state index in [0.29, 0.717) is 11.8 Å². The molecular formula is C11H20N2S. The monoisotopic (exact) mass is 212 g/mol. The average molecular weight is 212 g/mol. The maximum atomic E-state index is 4.49. The SMILES string of the molecule is CNCC(C)C(C)Cc1csc(C)n1. The predicted molar refractivity (Wildman–Crippen MR) is 62.8 cm³/mol. The fraction of sp³-hybridized carbons (Fsp3) is 0.727. The van der Waals surface area contributed by atoms with E-state index in [4.69, 9.17) is 0 Å². The van der Waals surface area contributed by atoms with Crippen molar-refractivity contribution >= 4 is 11.3 Å². The minimum Gasteiger partial charge on any atom is -0.319 e. The van der Waals surface area contributed by atoms with E-state index in [2.05, 4.69) is 36.5 Å². The Bertz CT molecular complexity index is 270. The van der Waals surface area contributed by atoms with E-state index >= 15 is 0 Å². The normalized spacial score (nSPS) is 15.4. The number of rotatable bonds is 5. The van der Waals surface area contributed by atoms with Gasteiger partial charge >= 0.3 is 0 Å². The number of hydrogen-bond acceptors (Lipinski definition) is 3. The first kappa shape index (κ1) is 11.7. The molecule has 0 fully saturated rings. The van der Waals surface area contributed by atoms with Crippen LogP contribution in [0.3, 0.4) is 0 Å². The van der Waals surface area contributed by atoms with Crippen LogP contribution in [-0.2, 0) is 6.42 Å². The van der Waals surface area contributed by atoms with Crippen LogP contribution in [0.15, 0.2) is 5.38 Å². The van der Waals surface area contributed by atoms with Crippen LogP contribution in [0, 0.1) is 18.8 Å². The third-order valence-electron chi connectivity index (χ3n) is 2.70. The maximum absolute atomic E-state index is 4.49. The van der Waals surface area contributed by atoms with Crippen LogP contribution in [0.25, 0.3) is 0 Å². The van der Waals surface area contributed by atoms with Gasteiger partial charge in [-0.3, -0.25) is 0 Å². The van der Waals surface area contributed by atoms with Gasteiger partial charge in [0.1, 0.15) is 0 Å². The second kappa shape index (κ2) is 5.47. The van der Waals surface area contributed by atoms with E-state index in [0.717, 1.165) is 13.0 Å². The summed E-state index contributed by atoms with van der Waals surface area (Å²) in [7, 11) is 2.01. The summed E-state index contributed by atoms with van der Waals surface area (Å²) in [4.78, 5) is 4.49. The molecule has 80 valence electrons. The lowest BCUT2D eigenvalue weighted by Crippen LogP contribution is -2.23. The van der Waals surface area contributed by atoms with Crippen molar-refractivity contribution in [2.75, 3.05) is 13.6 Å². The molecule has 0 saturated heterocycles. The maximum Gasteiger partial charge on any atom is 0.0897 e. The molecule has 3 heteroatoms. The van der Waals surface area contributed by atoms with Gasteiger partial charge in [-0.05, 0) is 38.8 Å². The van der Waals surface area contributed by atoms with Crippen molar-refractivity contribution in [3.8, 4) is 0 Å². The minimum absolute atomic E-state index is 0.698. The Labute approximate surface area is 90.8 Å². The molecular weight excluding hydrogens is 192 g/mol. The summed E-state index contributed by atoms with van der Waals surface area (Å²) in [6.45, 7) is 7.75. The van der Waals surface area contributed by atoms with E-state index in [-0.39, 0.29) is 0 Å². The summed E-state index contributed by atoms with van der Waals surface area (Å²) in [6, 6.07) is 0. The number of nitrogens with one attached hydrogen (secondary N) is 1. The van der Waals surface area contributed by atoms with Gasteiger partial charge in [-0.15, -0.1) is 11.3 Å². The first-order chi connectivity index (χ1) is 6.63. The summed E-state index contributed by atoms with van der Waals surface area (Å²) in [5.41, 5.74) is 1.25. The Balaban J connectivity index is 2.43. The highest BCUT2D eigenvalue weighted by Gasteiger charge is 2.13. The highest BCUT2D eigenvalue weighted by molar-refractivity contribution is 7.09. The summed E-state index contributed by atoms with van der Waals surface area (Å²) < 4.78 is 0. The molecule has 0 spiro atoms. The van der Waals surface area contributed by atoms with Crippen molar-refractivity contribution in [3.05, 3.63) is 16.1 Å². The van der Waals surface area contributed by atoms with Gasteiger partial charge in [0.25, 0.3) is 0 Å². The zero-order chi connectivity index (χ0) is 10.6. The van der Waals surface area contributed by atoms with Crippen LogP contribution in [-0.4, -0.2) is 18.6 Å². The lowest BCUT2D eigenvalue weighted by atomic mass is 9.92. The molecule has 0 bridgehead atoms. The van der Waals surface area contributed by atoms with Gasteiger partial charge in [-0.1, -0.05) is 13.8 Å². The Morgan fingerprint density at radius 1 is 1.43 bits per heavy atom. The average Bonchev–Trinajstić information content (AvgIpc) is 2.51. The number of aromatic nitrogens is 1. The number of thiazole rings is 1. The van der Waals surface area contributed by atoms with E-state index < -0.39 is 0 Å². The highest BCUT2D eigenvalue weighted by atomic mass is 32.1. The molecule has 1 heterocycles. The second-order valence-corrected chi connectivity index (χ2v) is 5.14. The van der Waals surface area contributed by atoms with Gasteiger partial charge < -0.3 is 5.32 Å². The van der Waals surface area contributed by atoms with Crippen LogP contribution < -0.4 is 5.32 Å². The highest BCUT2D eigenvalue weighted by Crippen LogP contribution is 2.18. The molecule has 1 aromatic heterocycles. The third-order valence-corrected chi connectivity index (χ3v) is 3.52. The first-order valence-corrected chi connectivity index (χ1v) is 6.07. The lowest BCUT2D eigenvalue weighted by Gasteiger charge is -2.18. The summed E-state index contributed by atoms with van der Waals surface area (Å²) in [6.07, 6.45) is 1.10. The largest absolute Gasteiger partial charge is 0.319 e. The number of aryl methyl sites for hydroxylation is 1. The van der Waals surface area contributed by atoms with Crippen molar-refractivity contribution in [3.63, 3.8) is 0 Å². The summed E-state index contributed by atoms with van der Waals surface area (Å²) in [5.74, 6) is 1.41. The van der Waals surface area contributed by atoms with Crippen LogP contribution in [0.5, 0.6) is 0 Å². The van der Waals surface area contributed by atoms with E-state index in [1.807, 2.05) is 7.05 Å². The molecule has 0 aliphatic heterocycles. The molecule has 2 nitrogen and oxygen atoms in total. The van der Waals surface area contributed by atoms with Crippen molar-refractivity contribution in [2.45, 2.75) is 27.2 Å². The summed E-state index contributed by atoms with van der Waals surface area (Å²) in [5, 5.41) is 6.57. The third kappa shape index (κ3) is 3.39. The van der Waals surface area contributed by atoms with Gasteiger partial charge in [0.2, 0.25) is 0 Å². The second-order valence-electron chi connectivity index (χ2n) is 4.07. The molecule has 0 amide bonds.